The largest absolute Gasteiger partial charge is 0.480 e. The highest BCUT2D eigenvalue weighted by atomic mass is 16.4. The van der Waals surface area contributed by atoms with E-state index in [0.717, 1.165) is 19.4 Å². The Morgan fingerprint density at radius 1 is 1.54 bits per heavy atom. The van der Waals surface area contributed by atoms with E-state index in [1.165, 1.54) is 0 Å². The predicted molar refractivity (Wildman–Crippen MR) is 51.7 cm³/mol. The van der Waals surface area contributed by atoms with Gasteiger partial charge in [-0.3, -0.25) is 9.69 Å². The average molecular weight is 185 g/mol. The van der Waals surface area contributed by atoms with Crippen LogP contribution < -0.4 is 0 Å². The zero-order valence-corrected chi connectivity index (χ0v) is 8.66. The van der Waals surface area contributed by atoms with Gasteiger partial charge in [-0.25, -0.2) is 0 Å². The molecule has 1 N–H and O–H groups in total. The number of nitrogens with zero attached hydrogens (tertiary/aromatic N) is 1. The fourth-order valence-electron chi connectivity index (χ4n) is 2.18. The number of carboxylic acids is 1. The molecule has 0 aliphatic carbocycles. The third-order valence-electron chi connectivity index (χ3n) is 2.89. The summed E-state index contributed by atoms with van der Waals surface area (Å²) < 4.78 is 0. The zero-order chi connectivity index (χ0) is 10.0. The van der Waals surface area contributed by atoms with Gasteiger partial charge in [0.05, 0.1) is 0 Å². The minimum absolute atomic E-state index is 0.270. The van der Waals surface area contributed by atoms with Crippen LogP contribution in [0.3, 0.4) is 0 Å². The molecule has 0 saturated carbocycles. The van der Waals surface area contributed by atoms with Crippen molar-refractivity contribution in [3.63, 3.8) is 0 Å². The standard InChI is InChI=1S/C10H19NO2/c1-7(2)11-6-4-5-8(3)9(11)10(12)13/h7-9H,4-6H2,1-3H3,(H,12,13). The number of likely N-dealkylation sites (tertiary alicyclic amines) is 1. The number of hydrogen-bond donors (Lipinski definition) is 1. The average Bonchev–Trinajstić information content (AvgIpc) is 2.02. The third-order valence-corrected chi connectivity index (χ3v) is 2.89. The molecule has 0 bridgehead atoms. The molecule has 0 amide bonds. The fraction of sp³-hybridized carbons (Fsp3) is 0.900. The lowest BCUT2D eigenvalue weighted by molar-refractivity contribution is -0.147. The summed E-state index contributed by atoms with van der Waals surface area (Å²) in [6.07, 6.45) is 2.17. The van der Waals surface area contributed by atoms with Gasteiger partial charge in [0.2, 0.25) is 0 Å². The zero-order valence-electron chi connectivity index (χ0n) is 8.66. The minimum Gasteiger partial charge on any atom is -0.480 e. The molecule has 1 fully saturated rings. The van der Waals surface area contributed by atoms with Gasteiger partial charge in [-0.1, -0.05) is 6.92 Å². The van der Waals surface area contributed by atoms with Gasteiger partial charge in [0, 0.05) is 6.04 Å². The van der Waals surface area contributed by atoms with Crippen LogP contribution in [0.2, 0.25) is 0 Å². The third kappa shape index (κ3) is 2.21. The summed E-state index contributed by atoms with van der Waals surface area (Å²) in [6.45, 7) is 7.09. The van der Waals surface area contributed by atoms with Crippen molar-refractivity contribution in [1.29, 1.82) is 0 Å². The SMILES string of the molecule is CC1CCCN(C(C)C)C1C(=O)O. The second-order valence-corrected chi connectivity index (χ2v) is 4.23. The van der Waals surface area contributed by atoms with E-state index in [1.54, 1.807) is 0 Å². The molecule has 1 rings (SSSR count). The molecule has 2 unspecified atom stereocenters. The monoisotopic (exact) mass is 185 g/mol. The molecular weight excluding hydrogens is 166 g/mol. The maximum Gasteiger partial charge on any atom is 0.321 e. The Balaban J connectivity index is 2.74. The van der Waals surface area contributed by atoms with Gasteiger partial charge in [-0.15, -0.1) is 0 Å². The molecule has 0 aromatic rings. The van der Waals surface area contributed by atoms with Gasteiger partial charge in [0.1, 0.15) is 6.04 Å². The minimum atomic E-state index is -0.666. The van der Waals surface area contributed by atoms with Crippen molar-refractivity contribution in [3.05, 3.63) is 0 Å². The van der Waals surface area contributed by atoms with E-state index in [0.29, 0.717) is 6.04 Å². The van der Waals surface area contributed by atoms with E-state index < -0.39 is 5.97 Å². The first kappa shape index (κ1) is 10.5. The van der Waals surface area contributed by atoms with Crippen LogP contribution in [0.4, 0.5) is 0 Å². The summed E-state index contributed by atoms with van der Waals surface area (Å²) in [5.41, 5.74) is 0. The summed E-state index contributed by atoms with van der Waals surface area (Å²) in [6, 6.07) is 0.0672. The number of carboxylic acid groups (broad SMARTS) is 1. The van der Waals surface area contributed by atoms with E-state index in [4.69, 9.17) is 5.11 Å². The van der Waals surface area contributed by atoms with Crippen molar-refractivity contribution in [1.82, 2.24) is 4.90 Å². The van der Waals surface area contributed by atoms with Gasteiger partial charge in [-0.2, -0.15) is 0 Å². The Kier molecular flexibility index (Phi) is 3.31. The Hall–Kier alpha value is -0.570. The van der Waals surface area contributed by atoms with Crippen LogP contribution in [-0.4, -0.2) is 34.6 Å². The highest BCUT2D eigenvalue weighted by Crippen LogP contribution is 2.25. The van der Waals surface area contributed by atoms with Crippen LogP contribution >= 0.6 is 0 Å². The van der Waals surface area contributed by atoms with Crippen molar-refractivity contribution < 1.29 is 9.90 Å². The number of hydrogen-bond acceptors (Lipinski definition) is 2. The van der Waals surface area contributed by atoms with Gasteiger partial charge in [0.25, 0.3) is 0 Å². The van der Waals surface area contributed by atoms with E-state index in [-0.39, 0.29) is 12.0 Å². The number of aliphatic carboxylic acids is 1. The molecule has 0 aromatic heterocycles. The maximum absolute atomic E-state index is 11.0. The number of piperidine rings is 1. The van der Waals surface area contributed by atoms with Crippen LogP contribution in [0.1, 0.15) is 33.6 Å². The molecule has 13 heavy (non-hydrogen) atoms. The Bertz CT molecular complexity index is 191. The molecule has 0 spiro atoms. The fourth-order valence-corrected chi connectivity index (χ4v) is 2.18. The van der Waals surface area contributed by atoms with Crippen molar-refractivity contribution in [3.8, 4) is 0 Å². The summed E-state index contributed by atoms with van der Waals surface area (Å²) in [5, 5.41) is 9.09. The summed E-state index contributed by atoms with van der Waals surface area (Å²) in [4.78, 5) is 13.1. The topological polar surface area (TPSA) is 40.5 Å². The van der Waals surface area contributed by atoms with Gasteiger partial charge < -0.3 is 5.11 Å². The molecule has 3 nitrogen and oxygen atoms in total. The van der Waals surface area contributed by atoms with E-state index >= 15 is 0 Å². The highest BCUT2D eigenvalue weighted by molar-refractivity contribution is 5.74. The second kappa shape index (κ2) is 4.09. The lowest BCUT2D eigenvalue weighted by Crippen LogP contribution is -2.52. The van der Waals surface area contributed by atoms with Crippen molar-refractivity contribution in [2.45, 2.75) is 45.7 Å². The maximum atomic E-state index is 11.0. The lowest BCUT2D eigenvalue weighted by atomic mass is 9.90. The van der Waals surface area contributed by atoms with Crippen LogP contribution in [0.25, 0.3) is 0 Å². The molecule has 76 valence electrons. The lowest BCUT2D eigenvalue weighted by Gasteiger charge is -2.39. The molecule has 0 radical (unpaired) electrons. The first-order chi connectivity index (χ1) is 6.04. The first-order valence-electron chi connectivity index (χ1n) is 5.02. The molecule has 1 saturated heterocycles. The number of carbonyl (C=O) groups is 1. The Morgan fingerprint density at radius 3 is 2.54 bits per heavy atom. The summed E-state index contributed by atoms with van der Waals surface area (Å²) >= 11 is 0. The van der Waals surface area contributed by atoms with E-state index in [2.05, 4.69) is 18.7 Å². The van der Waals surface area contributed by atoms with Crippen LogP contribution in [0.5, 0.6) is 0 Å². The summed E-state index contributed by atoms with van der Waals surface area (Å²) in [5.74, 6) is -0.380. The molecule has 0 aromatic carbocycles. The quantitative estimate of drug-likeness (QED) is 0.710. The highest BCUT2D eigenvalue weighted by Gasteiger charge is 2.35. The second-order valence-electron chi connectivity index (χ2n) is 4.23. The van der Waals surface area contributed by atoms with Gasteiger partial charge in [-0.05, 0) is 39.2 Å². The molecular formula is C10H19NO2. The predicted octanol–water partition coefficient (Wildman–Crippen LogP) is 1.58. The molecule has 2 atom stereocenters. The Morgan fingerprint density at radius 2 is 2.15 bits per heavy atom. The molecule has 3 heteroatoms. The van der Waals surface area contributed by atoms with Gasteiger partial charge >= 0.3 is 5.97 Å². The smallest absolute Gasteiger partial charge is 0.321 e. The van der Waals surface area contributed by atoms with Crippen LogP contribution in [-0.2, 0) is 4.79 Å². The molecule has 1 aliphatic rings. The first-order valence-corrected chi connectivity index (χ1v) is 5.02. The van der Waals surface area contributed by atoms with Crippen molar-refractivity contribution in [2.24, 2.45) is 5.92 Å². The van der Waals surface area contributed by atoms with E-state index in [9.17, 15) is 4.79 Å². The van der Waals surface area contributed by atoms with Crippen molar-refractivity contribution >= 4 is 5.97 Å². The van der Waals surface area contributed by atoms with E-state index in [1.807, 2.05) is 6.92 Å². The van der Waals surface area contributed by atoms with Crippen LogP contribution in [0, 0.1) is 5.92 Å². The van der Waals surface area contributed by atoms with Gasteiger partial charge in [0.15, 0.2) is 0 Å². The molecule has 1 aliphatic heterocycles. The summed E-state index contributed by atoms with van der Waals surface area (Å²) in [7, 11) is 0. The normalized spacial score (nSPS) is 30.8. The van der Waals surface area contributed by atoms with Crippen molar-refractivity contribution in [2.75, 3.05) is 6.54 Å². The number of rotatable bonds is 2. The Labute approximate surface area is 79.7 Å². The molecule has 1 heterocycles. The van der Waals surface area contributed by atoms with Crippen LogP contribution in [0.15, 0.2) is 0 Å².